The van der Waals surface area contributed by atoms with Gasteiger partial charge in [0.15, 0.2) is 6.29 Å². The zero-order valence-electron chi connectivity index (χ0n) is 8.01. The number of benzene rings is 1. The summed E-state index contributed by atoms with van der Waals surface area (Å²) in [5, 5.41) is 7.46. The second-order valence-electron chi connectivity index (χ2n) is 2.95. The van der Waals surface area contributed by atoms with Crippen molar-refractivity contribution in [1.82, 2.24) is 0 Å². The fourth-order valence-electron chi connectivity index (χ4n) is 1.30. The van der Waals surface area contributed by atoms with Crippen LogP contribution in [-0.4, -0.2) is 11.5 Å². The van der Waals surface area contributed by atoms with Crippen LogP contribution in [0.2, 0.25) is 0 Å². The normalized spacial score (nSPS) is 10.8. The zero-order valence-corrected chi connectivity index (χ0v) is 8.76. The quantitative estimate of drug-likeness (QED) is 0.607. The van der Waals surface area contributed by atoms with Crippen molar-refractivity contribution in [2.24, 2.45) is 0 Å². The topological polar surface area (TPSA) is 57.9 Å². The van der Waals surface area contributed by atoms with Gasteiger partial charge >= 0.3 is 6.18 Å². The van der Waals surface area contributed by atoms with Gasteiger partial charge in [-0.05, 0) is 17.7 Å². The third kappa shape index (κ3) is 2.45. The molecule has 0 amide bonds. The number of hydrogen-bond acceptors (Lipinski definition) is 3. The molecule has 0 aliphatic carbocycles. The molecular weight excluding hydrogens is 259 g/mol. The molecule has 0 saturated carbocycles. The Morgan fingerprint density at radius 1 is 1.41 bits per heavy atom. The summed E-state index contributed by atoms with van der Waals surface area (Å²) in [6, 6.07) is 2.95. The molecule has 17 heavy (non-hydrogen) atoms. The van der Waals surface area contributed by atoms with Crippen molar-refractivity contribution in [2.45, 2.75) is 6.18 Å². The van der Waals surface area contributed by atoms with Gasteiger partial charge in [0.1, 0.15) is 6.07 Å². The average molecular weight is 262 g/mol. The molecule has 1 rings (SSSR count). The Labute approximate surface area is 98.4 Å². The highest BCUT2D eigenvalue weighted by Crippen LogP contribution is 2.35. The lowest BCUT2D eigenvalue weighted by Gasteiger charge is -2.12. The Bertz CT molecular complexity index is 532. The highest BCUT2D eigenvalue weighted by molar-refractivity contribution is 6.68. The van der Waals surface area contributed by atoms with E-state index in [0.717, 1.165) is 12.1 Å². The summed E-state index contributed by atoms with van der Waals surface area (Å²) < 4.78 is 38.0. The number of rotatable bonds is 2. The molecule has 7 heteroatoms. The lowest BCUT2D eigenvalue weighted by Crippen LogP contribution is -2.14. The fraction of sp³-hybridized carbons (Fsp3) is 0.100. The molecule has 1 aromatic carbocycles. The standard InChI is InChI=1S/C10H3ClF3NO2/c11-9(17)6-2-1-5(4-16)8(7(6)3-15)10(12,13)14/h1-2,4H. The first-order valence-electron chi connectivity index (χ1n) is 4.12. The predicted octanol–water partition coefficient (Wildman–Crippen LogP) is 2.77. The van der Waals surface area contributed by atoms with Gasteiger partial charge in [0.05, 0.1) is 16.7 Å². The minimum Gasteiger partial charge on any atom is -0.298 e. The van der Waals surface area contributed by atoms with Crippen molar-refractivity contribution >= 4 is 23.1 Å². The number of nitriles is 1. The number of halogens is 4. The number of nitrogens with zero attached hydrogens (tertiary/aromatic N) is 1. The largest absolute Gasteiger partial charge is 0.418 e. The van der Waals surface area contributed by atoms with Crippen LogP contribution in [0, 0.1) is 11.3 Å². The molecule has 0 aromatic heterocycles. The van der Waals surface area contributed by atoms with E-state index in [1.807, 2.05) is 0 Å². The molecule has 0 spiro atoms. The molecule has 88 valence electrons. The molecular formula is C10H3ClF3NO2. The molecule has 0 aliphatic rings. The van der Waals surface area contributed by atoms with E-state index in [1.165, 1.54) is 6.07 Å². The highest BCUT2D eigenvalue weighted by atomic mass is 35.5. The van der Waals surface area contributed by atoms with Crippen molar-refractivity contribution in [1.29, 1.82) is 5.26 Å². The van der Waals surface area contributed by atoms with Crippen molar-refractivity contribution < 1.29 is 22.8 Å². The van der Waals surface area contributed by atoms with Crippen LogP contribution in [0.5, 0.6) is 0 Å². The molecule has 0 bridgehead atoms. The Morgan fingerprint density at radius 2 is 2.00 bits per heavy atom. The summed E-state index contributed by atoms with van der Waals surface area (Å²) in [4.78, 5) is 21.4. The van der Waals surface area contributed by atoms with E-state index in [9.17, 15) is 22.8 Å². The molecule has 0 radical (unpaired) electrons. The minimum atomic E-state index is -4.91. The van der Waals surface area contributed by atoms with E-state index in [1.54, 1.807) is 0 Å². The Balaban J connectivity index is 3.75. The number of alkyl halides is 3. The second-order valence-corrected chi connectivity index (χ2v) is 3.30. The molecule has 0 unspecified atom stereocenters. The molecule has 0 saturated heterocycles. The van der Waals surface area contributed by atoms with Crippen LogP contribution >= 0.6 is 11.6 Å². The van der Waals surface area contributed by atoms with E-state index < -0.39 is 33.7 Å². The van der Waals surface area contributed by atoms with Crippen molar-refractivity contribution in [3.63, 3.8) is 0 Å². The van der Waals surface area contributed by atoms with Crippen LogP contribution in [0.25, 0.3) is 0 Å². The molecule has 0 heterocycles. The first-order chi connectivity index (χ1) is 7.82. The maximum Gasteiger partial charge on any atom is 0.418 e. The molecule has 0 aliphatic heterocycles. The van der Waals surface area contributed by atoms with Gasteiger partial charge in [0, 0.05) is 5.56 Å². The minimum absolute atomic E-state index is 0.0356. The summed E-state index contributed by atoms with van der Waals surface area (Å²) in [7, 11) is 0. The summed E-state index contributed by atoms with van der Waals surface area (Å²) in [6.07, 6.45) is -4.95. The number of carbonyl (C=O) groups is 2. The molecule has 0 N–H and O–H groups in total. The smallest absolute Gasteiger partial charge is 0.298 e. The number of aldehydes is 1. The van der Waals surface area contributed by atoms with Crippen LogP contribution in [0.3, 0.4) is 0 Å². The van der Waals surface area contributed by atoms with Crippen LogP contribution in [0.15, 0.2) is 12.1 Å². The van der Waals surface area contributed by atoms with Gasteiger partial charge in [-0.15, -0.1) is 0 Å². The first-order valence-corrected chi connectivity index (χ1v) is 4.50. The van der Waals surface area contributed by atoms with Gasteiger partial charge in [-0.3, -0.25) is 9.59 Å². The lowest BCUT2D eigenvalue weighted by molar-refractivity contribution is -0.138. The maximum absolute atomic E-state index is 12.7. The third-order valence-electron chi connectivity index (χ3n) is 1.97. The third-order valence-corrected chi connectivity index (χ3v) is 2.18. The van der Waals surface area contributed by atoms with Crippen LogP contribution in [-0.2, 0) is 6.18 Å². The summed E-state index contributed by atoms with van der Waals surface area (Å²) in [5.74, 6) is 0. The number of carbonyl (C=O) groups excluding carboxylic acids is 2. The Hall–Kier alpha value is -1.87. The lowest BCUT2D eigenvalue weighted by atomic mass is 9.97. The summed E-state index contributed by atoms with van der Waals surface area (Å²) in [6.45, 7) is 0. The average Bonchev–Trinajstić information content (AvgIpc) is 2.25. The fourth-order valence-corrected chi connectivity index (χ4v) is 1.46. The maximum atomic E-state index is 12.7. The van der Waals surface area contributed by atoms with Gasteiger partial charge in [0.2, 0.25) is 0 Å². The zero-order chi connectivity index (χ0) is 13.2. The van der Waals surface area contributed by atoms with E-state index in [4.69, 9.17) is 16.9 Å². The Kier molecular flexibility index (Phi) is 3.53. The monoisotopic (exact) mass is 261 g/mol. The van der Waals surface area contributed by atoms with E-state index in [-0.39, 0.29) is 6.29 Å². The van der Waals surface area contributed by atoms with Crippen molar-refractivity contribution in [3.05, 3.63) is 34.4 Å². The SMILES string of the molecule is N#Cc1c(C(=O)Cl)ccc(C=O)c1C(F)(F)F. The molecule has 0 fully saturated rings. The van der Waals surface area contributed by atoms with Crippen LogP contribution in [0.4, 0.5) is 13.2 Å². The van der Waals surface area contributed by atoms with Gasteiger partial charge in [-0.25, -0.2) is 0 Å². The van der Waals surface area contributed by atoms with Crippen molar-refractivity contribution in [3.8, 4) is 6.07 Å². The highest BCUT2D eigenvalue weighted by Gasteiger charge is 2.38. The van der Waals surface area contributed by atoms with Gasteiger partial charge < -0.3 is 0 Å². The second kappa shape index (κ2) is 4.55. The molecule has 1 aromatic rings. The first kappa shape index (κ1) is 13.2. The van der Waals surface area contributed by atoms with E-state index >= 15 is 0 Å². The van der Waals surface area contributed by atoms with Gasteiger partial charge in [-0.2, -0.15) is 18.4 Å². The molecule has 0 atom stereocenters. The predicted molar refractivity (Wildman–Crippen MR) is 51.7 cm³/mol. The van der Waals surface area contributed by atoms with Gasteiger partial charge in [-0.1, -0.05) is 6.07 Å². The summed E-state index contributed by atoms with van der Waals surface area (Å²) >= 11 is 5.06. The van der Waals surface area contributed by atoms with Crippen LogP contribution in [0.1, 0.15) is 31.8 Å². The van der Waals surface area contributed by atoms with Gasteiger partial charge in [0.25, 0.3) is 5.24 Å². The summed E-state index contributed by atoms with van der Waals surface area (Å²) in [5.41, 5.74) is -3.67. The Morgan fingerprint density at radius 3 is 2.35 bits per heavy atom. The molecule has 3 nitrogen and oxygen atoms in total. The van der Waals surface area contributed by atoms with E-state index in [2.05, 4.69) is 0 Å². The van der Waals surface area contributed by atoms with Crippen LogP contribution < -0.4 is 0 Å². The number of hydrogen-bond donors (Lipinski definition) is 0. The van der Waals surface area contributed by atoms with E-state index in [0.29, 0.717) is 0 Å². The van der Waals surface area contributed by atoms with Crippen molar-refractivity contribution in [2.75, 3.05) is 0 Å².